The van der Waals surface area contributed by atoms with Crippen LogP contribution in [-0.4, -0.2) is 69.7 Å². The Bertz CT molecular complexity index is 653. The molecule has 0 spiro atoms. The Morgan fingerprint density at radius 2 is 1.69 bits per heavy atom. The van der Waals surface area contributed by atoms with Crippen molar-refractivity contribution in [3.05, 3.63) is 24.3 Å². The van der Waals surface area contributed by atoms with Crippen molar-refractivity contribution < 1.29 is 14.3 Å². The molecule has 0 aromatic heterocycles. The summed E-state index contributed by atoms with van der Waals surface area (Å²) < 4.78 is 5.38. The lowest BCUT2D eigenvalue weighted by atomic mass is 9.89. The smallest absolute Gasteiger partial charge is 0.238 e. The van der Waals surface area contributed by atoms with Gasteiger partial charge in [0.15, 0.2) is 0 Å². The van der Waals surface area contributed by atoms with E-state index < -0.39 is 0 Å². The molecule has 160 valence electrons. The Morgan fingerprint density at radius 1 is 1.03 bits per heavy atom. The summed E-state index contributed by atoms with van der Waals surface area (Å²) in [5.41, 5.74) is 1.90. The van der Waals surface area contributed by atoms with Crippen LogP contribution in [0.1, 0.15) is 32.1 Å². The summed E-state index contributed by atoms with van der Waals surface area (Å²) in [4.78, 5) is 28.4. The molecule has 1 aromatic rings. The molecule has 1 heterocycles. The number of morpholine rings is 1. The number of carbonyl (C=O) groups is 2. The predicted molar refractivity (Wildman–Crippen MR) is 115 cm³/mol. The molecule has 2 fully saturated rings. The Morgan fingerprint density at radius 3 is 2.38 bits per heavy atom. The molecule has 3 rings (SSSR count). The van der Waals surface area contributed by atoms with Gasteiger partial charge in [-0.3, -0.25) is 14.5 Å². The standard InChI is InChI=1S/C22H34N4O3/c1-25(16-21(27)23-15-18-5-3-2-4-6-18)17-22(28)24-19-7-9-20(10-8-19)26-11-13-29-14-12-26/h7-10,18H,2-6,11-17H2,1H3,(H,23,27)(H,24,28). The first-order valence-corrected chi connectivity index (χ1v) is 10.8. The topological polar surface area (TPSA) is 73.9 Å². The van der Waals surface area contributed by atoms with E-state index in [2.05, 4.69) is 15.5 Å². The van der Waals surface area contributed by atoms with Gasteiger partial charge < -0.3 is 20.3 Å². The molecule has 1 aromatic carbocycles. The molecule has 1 aliphatic heterocycles. The van der Waals surface area contributed by atoms with E-state index in [4.69, 9.17) is 4.74 Å². The number of carbonyl (C=O) groups excluding carboxylic acids is 2. The van der Waals surface area contributed by atoms with Crippen LogP contribution in [0.25, 0.3) is 0 Å². The fourth-order valence-electron chi connectivity index (χ4n) is 4.03. The van der Waals surface area contributed by atoms with E-state index >= 15 is 0 Å². The average Bonchev–Trinajstić information content (AvgIpc) is 2.74. The largest absolute Gasteiger partial charge is 0.378 e. The van der Waals surface area contributed by atoms with E-state index in [-0.39, 0.29) is 24.9 Å². The first-order valence-electron chi connectivity index (χ1n) is 10.8. The lowest BCUT2D eigenvalue weighted by Gasteiger charge is -2.28. The molecule has 0 radical (unpaired) electrons. The molecule has 7 nitrogen and oxygen atoms in total. The highest BCUT2D eigenvalue weighted by molar-refractivity contribution is 5.92. The Labute approximate surface area is 173 Å². The van der Waals surface area contributed by atoms with Crippen LogP contribution in [0.4, 0.5) is 11.4 Å². The Kier molecular flexibility index (Phi) is 8.31. The van der Waals surface area contributed by atoms with Crippen molar-refractivity contribution >= 4 is 23.2 Å². The molecule has 1 saturated heterocycles. The molecule has 29 heavy (non-hydrogen) atoms. The maximum atomic E-state index is 12.3. The van der Waals surface area contributed by atoms with Crippen LogP contribution in [0.5, 0.6) is 0 Å². The summed E-state index contributed by atoms with van der Waals surface area (Å²) in [5.74, 6) is 0.481. The number of hydrogen-bond acceptors (Lipinski definition) is 5. The van der Waals surface area contributed by atoms with E-state index in [9.17, 15) is 9.59 Å². The normalized spacial score (nSPS) is 17.9. The lowest BCUT2D eigenvalue weighted by Crippen LogP contribution is -2.40. The number of ether oxygens (including phenoxy) is 1. The fourth-order valence-corrected chi connectivity index (χ4v) is 4.03. The number of nitrogens with one attached hydrogen (secondary N) is 2. The summed E-state index contributed by atoms with van der Waals surface area (Å²) in [6.45, 7) is 4.45. The van der Waals surface area contributed by atoms with Crippen molar-refractivity contribution in [2.75, 3.05) is 63.2 Å². The summed E-state index contributed by atoms with van der Waals surface area (Å²) >= 11 is 0. The summed E-state index contributed by atoms with van der Waals surface area (Å²) in [7, 11) is 1.79. The van der Waals surface area contributed by atoms with E-state index in [0.717, 1.165) is 44.2 Å². The van der Waals surface area contributed by atoms with E-state index in [0.29, 0.717) is 5.92 Å². The molecule has 1 aliphatic carbocycles. The SMILES string of the molecule is CN(CC(=O)NCC1CCCCC1)CC(=O)Nc1ccc(N2CCOCC2)cc1. The number of benzene rings is 1. The second-order valence-corrected chi connectivity index (χ2v) is 8.17. The van der Waals surface area contributed by atoms with Crippen LogP contribution >= 0.6 is 0 Å². The van der Waals surface area contributed by atoms with Crippen molar-refractivity contribution in [3.8, 4) is 0 Å². The van der Waals surface area contributed by atoms with E-state index in [1.54, 1.807) is 11.9 Å². The number of anilines is 2. The minimum absolute atomic E-state index is 0.0132. The highest BCUT2D eigenvalue weighted by Gasteiger charge is 2.16. The first-order chi connectivity index (χ1) is 14.1. The van der Waals surface area contributed by atoms with E-state index in [1.807, 2.05) is 24.3 Å². The van der Waals surface area contributed by atoms with E-state index in [1.165, 1.54) is 32.1 Å². The van der Waals surface area contributed by atoms with Gasteiger partial charge in [0.1, 0.15) is 0 Å². The second-order valence-electron chi connectivity index (χ2n) is 8.17. The minimum Gasteiger partial charge on any atom is -0.378 e. The van der Waals surface area contributed by atoms with Gasteiger partial charge in [0.05, 0.1) is 26.3 Å². The number of rotatable bonds is 8. The van der Waals surface area contributed by atoms with Gasteiger partial charge in [-0.15, -0.1) is 0 Å². The van der Waals surface area contributed by atoms with Gasteiger partial charge >= 0.3 is 0 Å². The van der Waals surface area contributed by atoms with Crippen LogP contribution in [0.15, 0.2) is 24.3 Å². The zero-order valence-corrected chi connectivity index (χ0v) is 17.5. The number of nitrogens with zero attached hydrogens (tertiary/aromatic N) is 2. The molecule has 0 unspecified atom stereocenters. The Balaban J connectivity index is 1.36. The third kappa shape index (κ3) is 7.33. The second kappa shape index (κ2) is 11.2. The van der Waals surface area contributed by atoms with Gasteiger partial charge in [0.25, 0.3) is 0 Å². The highest BCUT2D eigenvalue weighted by atomic mass is 16.5. The molecule has 2 amide bonds. The van der Waals surface area contributed by atoms with Crippen LogP contribution < -0.4 is 15.5 Å². The number of hydrogen-bond donors (Lipinski definition) is 2. The number of amides is 2. The molecule has 1 saturated carbocycles. The number of likely N-dealkylation sites (N-methyl/N-ethyl adjacent to an activating group) is 1. The van der Waals surface area contributed by atoms with Crippen LogP contribution in [0.3, 0.4) is 0 Å². The third-order valence-electron chi connectivity index (χ3n) is 5.67. The van der Waals surface area contributed by atoms with Crippen molar-refractivity contribution in [1.82, 2.24) is 10.2 Å². The molecule has 2 aliphatic rings. The van der Waals surface area contributed by atoms with Gasteiger partial charge in [-0.2, -0.15) is 0 Å². The maximum absolute atomic E-state index is 12.3. The molecule has 2 N–H and O–H groups in total. The first kappa shape index (κ1) is 21.6. The molecular formula is C22H34N4O3. The van der Waals surface area contributed by atoms with Gasteiger partial charge in [-0.25, -0.2) is 0 Å². The zero-order valence-electron chi connectivity index (χ0n) is 17.5. The monoisotopic (exact) mass is 402 g/mol. The summed E-state index contributed by atoms with van der Waals surface area (Å²) in [6, 6.07) is 7.87. The fraction of sp³-hybridized carbons (Fsp3) is 0.636. The van der Waals surface area contributed by atoms with Crippen LogP contribution in [-0.2, 0) is 14.3 Å². The van der Waals surface area contributed by atoms with Crippen LogP contribution in [0.2, 0.25) is 0 Å². The average molecular weight is 403 g/mol. The molecular weight excluding hydrogens is 368 g/mol. The quantitative estimate of drug-likeness (QED) is 0.697. The molecule has 7 heteroatoms. The van der Waals surface area contributed by atoms with Gasteiger partial charge in [0, 0.05) is 31.0 Å². The van der Waals surface area contributed by atoms with Gasteiger partial charge in [-0.05, 0) is 50.1 Å². The minimum atomic E-state index is -0.119. The molecule has 0 atom stereocenters. The summed E-state index contributed by atoms with van der Waals surface area (Å²) in [6.07, 6.45) is 6.28. The van der Waals surface area contributed by atoms with Gasteiger partial charge in [-0.1, -0.05) is 19.3 Å². The van der Waals surface area contributed by atoms with Crippen LogP contribution in [0, 0.1) is 5.92 Å². The highest BCUT2D eigenvalue weighted by Crippen LogP contribution is 2.22. The molecule has 0 bridgehead atoms. The lowest BCUT2D eigenvalue weighted by molar-refractivity contribution is -0.123. The zero-order chi connectivity index (χ0) is 20.5. The van der Waals surface area contributed by atoms with Crippen molar-refractivity contribution in [1.29, 1.82) is 0 Å². The third-order valence-corrected chi connectivity index (χ3v) is 5.67. The maximum Gasteiger partial charge on any atom is 0.238 e. The Hall–Kier alpha value is -2.12. The summed E-state index contributed by atoms with van der Waals surface area (Å²) in [5, 5.41) is 5.92. The van der Waals surface area contributed by atoms with Crippen molar-refractivity contribution in [2.24, 2.45) is 5.92 Å². The van der Waals surface area contributed by atoms with Gasteiger partial charge in [0.2, 0.25) is 11.8 Å². The van der Waals surface area contributed by atoms with Crippen molar-refractivity contribution in [3.63, 3.8) is 0 Å². The predicted octanol–water partition coefficient (Wildman–Crippen LogP) is 2.09. The van der Waals surface area contributed by atoms with Crippen molar-refractivity contribution in [2.45, 2.75) is 32.1 Å².